The zero-order chi connectivity index (χ0) is 14.7. The molecule has 1 amide bonds. The normalized spacial score (nSPS) is 16.3. The second-order valence-corrected chi connectivity index (χ2v) is 4.78. The molecule has 0 unspecified atom stereocenters. The Morgan fingerprint density at radius 2 is 1.81 bits per heavy atom. The molecule has 2 aromatic rings. The van der Waals surface area contributed by atoms with Crippen molar-refractivity contribution in [1.82, 2.24) is 5.43 Å². The van der Waals surface area contributed by atoms with Crippen molar-refractivity contribution in [1.29, 1.82) is 0 Å². The molecule has 1 aliphatic rings. The quantitative estimate of drug-likeness (QED) is 0.906. The van der Waals surface area contributed by atoms with E-state index in [-0.39, 0.29) is 18.1 Å². The Hall–Kier alpha value is -2.82. The minimum Gasteiger partial charge on any atom is -0.508 e. The van der Waals surface area contributed by atoms with Crippen LogP contribution in [0.3, 0.4) is 0 Å². The summed E-state index contributed by atoms with van der Waals surface area (Å²) >= 11 is 0. The van der Waals surface area contributed by atoms with E-state index in [0.29, 0.717) is 12.4 Å². The van der Waals surface area contributed by atoms with Gasteiger partial charge in [-0.3, -0.25) is 15.2 Å². The highest BCUT2D eigenvalue weighted by molar-refractivity contribution is 6.13. The third-order valence-corrected chi connectivity index (χ3v) is 3.21. The molecule has 0 aliphatic carbocycles. The fourth-order valence-electron chi connectivity index (χ4n) is 2.12. The van der Waals surface area contributed by atoms with E-state index in [9.17, 15) is 9.90 Å². The zero-order valence-electron chi connectivity index (χ0n) is 11.4. The number of benzene rings is 2. The average molecular weight is 281 g/mol. The molecular formula is C16H15N3O2. The highest BCUT2D eigenvalue weighted by atomic mass is 16.3. The van der Waals surface area contributed by atoms with Gasteiger partial charge in [0.1, 0.15) is 11.6 Å². The number of rotatable bonds is 3. The lowest BCUT2D eigenvalue weighted by Gasteiger charge is -2.15. The van der Waals surface area contributed by atoms with Crippen molar-refractivity contribution in [2.75, 3.05) is 5.01 Å². The largest absolute Gasteiger partial charge is 0.508 e. The Bertz CT molecular complexity index is 666. The highest BCUT2D eigenvalue weighted by Gasteiger charge is 2.26. The number of aliphatic imine (C=N–C) groups is 1. The molecule has 2 N–H and O–H groups in total. The number of carbonyl (C=O) groups is 1. The number of aromatic hydroxyl groups is 1. The van der Waals surface area contributed by atoms with Gasteiger partial charge in [0.05, 0.1) is 18.7 Å². The predicted molar refractivity (Wildman–Crippen MR) is 80.9 cm³/mol. The van der Waals surface area contributed by atoms with E-state index in [0.717, 1.165) is 11.3 Å². The van der Waals surface area contributed by atoms with E-state index in [1.54, 1.807) is 12.1 Å². The molecular weight excluding hydrogens is 266 g/mol. The first kappa shape index (κ1) is 13.2. The molecule has 0 aromatic heterocycles. The van der Waals surface area contributed by atoms with Crippen molar-refractivity contribution >= 4 is 17.4 Å². The second-order valence-electron chi connectivity index (χ2n) is 4.78. The van der Waals surface area contributed by atoms with Crippen LogP contribution in [0.4, 0.5) is 5.69 Å². The summed E-state index contributed by atoms with van der Waals surface area (Å²) in [5.41, 5.74) is 4.81. The smallest absolute Gasteiger partial charge is 0.253 e. The number of amides is 1. The Morgan fingerprint density at radius 3 is 2.52 bits per heavy atom. The van der Waals surface area contributed by atoms with Crippen LogP contribution in [0.25, 0.3) is 0 Å². The van der Waals surface area contributed by atoms with Gasteiger partial charge < -0.3 is 5.11 Å². The first-order chi connectivity index (χ1) is 10.2. The minimum absolute atomic E-state index is 0.0225. The Kier molecular flexibility index (Phi) is 3.55. The topological polar surface area (TPSA) is 64.9 Å². The molecule has 0 bridgehead atoms. The number of nitrogens with one attached hydrogen (secondary N) is 1. The fraction of sp³-hybridized carbons (Fsp3) is 0.125. The first-order valence-corrected chi connectivity index (χ1v) is 6.68. The van der Waals surface area contributed by atoms with Crippen molar-refractivity contribution < 1.29 is 9.90 Å². The van der Waals surface area contributed by atoms with E-state index >= 15 is 0 Å². The number of amidine groups is 1. The predicted octanol–water partition coefficient (Wildman–Crippen LogP) is 2.23. The lowest BCUT2D eigenvalue weighted by molar-refractivity contribution is -0.116. The van der Waals surface area contributed by atoms with Gasteiger partial charge in [0, 0.05) is 0 Å². The van der Waals surface area contributed by atoms with Crippen LogP contribution >= 0.6 is 0 Å². The summed E-state index contributed by atoms with van der Waals surface area (Å²) in [4.78, 5) is 16.4. The van der Waals surface area contributed by atoms with Gasteiger partial charge in [-0.2, -0.15) is 0 Å². The van der Waals surface area contributed by atoms with Crippen LogP contribution in [-0.4, -0.2) is 16.8 Å². The van der Waals surface area contributed by atoms with Crippen LogP contribution < -0.4 is 10.4 Å². The lowest BCUT2D eigenvalue weighted by Crippen LogP contribution is -2.35. The van der Waals surface area contributed by atoms with Gasteiger partial charge in [0.25, 0.3) is 5.91 Å². The monoisotopic (exact) mass is 281 g/mol. The second kappa shape index (κ2) is 5.66. The van der Waals surface area contributed by atoms with E-state index in [2.05, 4.69) is 10.4 Å². The molecule has 2 aromatic carbocycles. The zero-order valence-corrected chi connectivity index (χ0v) is 11.4. The summed E-state index contributed by atoms with van der Waals surface area (Å²) in [6, 6.07) is 16.3. The molecule has 1 saturated heterocycles. The molecule has 0 radical (unpaired) electrons. The van der Waals surface area contributed by atoms with Crippen molar-refractivity contribution in [3.8, 4) is 5.75 Å². The SMILES string of the molecule is O=C1CC(=NCc2ccc(O)cc2)NN1c1ccccc1. The average Bonchev–Trinajstić information content (AvgIpc) is 2.89. The van der Waals surface area contributed by atoms with Crippen LogP contribution in [0.15, 0.2) is 59.6 Å². The standard InChI is InChI=1S/C16H15N3O2/c20-14-8-6-12(7-9-14)11-17-15-10-16(21)19(18-15)13-4-2-1-3-5-13/h1-9,20H,10-11H2,(H,17,18). The van der Waals surface area contributed by atoms with Crippen molar-refractivity contribution in [3.63, 3.8) is 0 Å². The maximum absolute atomic E-state index is 12.0. The first-order valence-electron chi connectivity index (χ1n) is 6.68. The molecule has 21 heavy (non-hydrogen) atoms. The van der Waals surface area contributed by atoms with Crippen molar-refractivity contribution in [3.05, 3.63) is 60.2 Å². The maximum atomic E-state index is 12.0. The number of hydrogen-bond donors (Lipinski definition) is 2. The summed E-state index contributed by atoms with van der Waals surface area (Å²) in [6.45, 7) is 0.471. The number of para-hydroxylation sites is 1. The van der Waals surface area contributed by atoms with E-state index in [4.69, 9.17) is 0 Å². The summed E-state index contributed by atoms with van der Waals surface area (Å²) in [6.07, 6.45) is 0.271. The molecule has 106 valence electrons. The third kappa shape index (κ3) is 3.02. The number of carbonyl (C=O) groups excluding carboxylic acids is 1. The molecule has 0 atom stereocenters. The molecule has 1 heterocycles. The van der Waals surface area contributed by atoms with Gasteiger partial charge in [-0.25, -0.2) is 5.01 Å². The van der Waals surface area contributed by atoms with Gasteiger partial charge in [-0.1, -0.05) is 30.3 Å². The summed E-state index contributed by atoms with van der Waals surface area (Å²) in [5, 5.41) is 10.7. The lowest BCUT2D eigenvalue weighted by atomic mass is 10.2. The van der Waals surface area contributed by atoms with Crippen LogP contribution in [0.1, 0.15) is 12.0 Å². The molecule has 0 spiro atoms. The van der Waals surface area contributed by atoms with Crippen LogP contribution in [0.5, 0.6) is 5.75 Å². The maximum Gasteiger partial charge on any atom is 0.253 e. The van der Waals surface area contributed by atoms with E-state index in [1.165, 1.54) is 5.01 Å². The number of hydrazine groups is 1. The van der Waals surface area contributed by atoms with Gasteiger partial charge in [0.2, 0.25) is 0 Å². The Balaban J connectivity index is 1.69. The molecule has 3 rings (SSSR count). The van der Waals surface area contributed by atoms with Gasteiger partial charge in [0.15, 0.2) is 0 Å². The van der Waals surface area contributed by atoms with Crippen molar-refractivity contribution in [2.24, 2.45) is 4.99 Å². The fourth-order valence-corrected chi connectivity index (χ4v) is 2.12. The van der Waals surface area contributed by atoms with Crippen molar-refractivity contribution in [2.45, 2.75) is 13.0 Å². The Labute approximate surface area is 122 Å². The Morgan fingerprint density at radius 1 is 1.10 bits per heavy atom. The summed E-state index contributed by atoms with van der Waals surface area (Å²) < 4.78 is 0. The molecule has 5 nitrogen and oxygen atoms in total. The van der Waals surface area contributed by atoms with Crippen LogP contribution in [0.2, 0.25) is 0 Å². The summed E-state index contributed by atoms with van der Waals surface area (Å²) in [7, 11) is 0. The van der Waals surface area contributed by atoms with Crippen LogP contribution in [-0.2, 0) is 11.3 Å². The van der Waals surface area contributed by atoms with Crippen LogP contribution in [0, 0.1) is 0 Å². The molecule has 1 fully saturated rings. The number of nitrogens with zero attached hydrogens (tertiary/aromatic N) is 2. The molecule has 0 saturated carbocycles. The minimum atomic E-state index is -0.0225. The van der Waals surface area contributed by atoms with E-state index < -0.39 is 0 Å². The van der Waals surface area contributed by atoms with Gasteiger partial charge in [-0.15, -0.1) is 0 Å². The molecule has 1 aliphatic heterocycles. The van der Waals surface area contributed by atoms with E-state index in [1.807, 2.05) is 42.5 Å². The molecule has 5 heteroatoms. The number of hydrogen-bond acceptors (Lipinski definition) is 3. The third-order valence-electron chi connectivity index (χ3n) is 3.21. The summed E-state index contributed by atoms with van der Waals surface area (Å²) in [5.74, 6) is 0.860. The number of anilines is 1. The highest BCUT2D eigenvalue weighted by Crippen LogP contribution is 2.17. The number of phenols is 1. The van der Waals surface area contributed by atoms with Gasteiger partial charge >= 0.3 is 0 Å². The van der Waals surface area contributed by atoms with Gasteiger partial charge in [-0.05, 0) is 29.8 Å². The number of phenolic OH excluding ortho intramolecular Hbond substituents is 1.